The van der Waals surface area contributed by atoms with Crippen LogP contribution in [0.25, 0.3) is 11.6 Å². The van der Waals surface area contributed by atoms with E-state index in [0.29, 0.717) is 5.92 Å². The van der Waals surface area contributed by atoms with E-state index in [2.05, 4.69) is 73.7 Å². The molecule has 0 fully saturated rings. The second kappa shape index (κ2) is 11.7. The second-order valence-electron chi connectivity index (χ2n) is 6.80. The van der Waals surface area contributed by atoms with Crippen molar-refractivity contribution in [2.24, 2.45) is 5.92 Å². The highest BCUT2D eigenvalue weighted by atomic mass is 16.5. The van der Waals surface area contributed by atoms with E-state index in [1.165, 1.54) is 48.8 Å². The van der Waals surface area contributed by atoms with Crippen molar-refractivity contribution >= 4 is 11.6 Å². The molecule has 0 aliphatic rings. The summed E-state index contributed by atoms with van der Waals surface area (Å²) in [6, 6.07) is 21.4. The number of hydrogen-bond acceptors (Lipinski definition) is 1. The van der Waals surface area contributed by atoms with Gasteiger partial charge in [-0.05, 0) is 41.9 Å². The second-order valence-corrected chi connectivity index (χ2v) is 6.80. The number of benzene rings is 2. The lowest BCUT2D eigenvalue weighted by Crippen LogP contribution is -2.08. The summed E-state index contributed by atoms with van der Waals surface area (Å²) in [6.07, 6.45) is 9.81. The number of ether oxygens (including phenoxy) is 1. The van der Waals surface area contributed by atoms with Crippen LogP contribution >= 0.6 is 0 Å². The number of allylic oxidation sites excluding steroid dienone is 1. The van der Waals surface area contributed by atoms with Crippen molar-refractivity contribution in [3.63, 3.8) is 0 Å². The lowest BCUT2D eigenvalue weighted by atomic mass is 9.91. The smallest absolute Gasteiger partial charge is 0.0490 e. The fourth-order valence-electron chi connectivity index (χ4n) is 3.29. The third kappa shape index (κ3) is 7.27. The molecule has 134 valence electrons. The van der Waals surface area contributed by atoms with Gasteiger partial charge in [0.05, 0.1) is 0 Å². The van der Waals surface area contributed by atoms with Gasteiger partial charge < -0.3 is 4.74 Å². The van der Waals surface area contributed by atoms with E-state index in [1.54, 1.807) is 0 Å². The van der Waals surface area contributed by atoms with Gasteiger partial charge in [0, 0.05) is 13.7 Å². The zero-order chi connectivity index (χ0) is 17.7. The summed E-state index contributed by atoms with van der Waals surface area (Å²) in [5.41, 5.74) is 4.02. The largest absolute Gasteiger partial charge is 0.384 e. The van der Waals surface area contributed by atoms with Gasteiger partial charge in [-0.1, -0.05) is 92.9 Å². The molecule has 0 bridgehead atoms. The number of hydrogen-bond donors (Lipinski definition) is 0. The first-order valence-electron chi connectivity index (χ1n) is 9.63. The molecule has 0 spiro atoms. The molecule has 0 amide bonds. The molecule has 2 aromatic rings. The summed E-state index contributed by atoms with van der Waals surface area (Å²) < 4.78 is 5.47. The molecule has 1 atom stereocenters. The highest BCUT2D eigenvalue weighted by Gasteiger charge is 2.11. The fourth-order valence-corrected chi connectivity index (χ4v) is 3.29. The van der Waals surface area contributed by atoms with Gasteiger partial charge in [-0.25, -0.2) is 0 Å². The normalized spacial score (nSPS) is 13.0. The average molecular weight is 337 g/mol. The van der Waals surface area contributed by atoms with Crippen molar-refractivity contribution in [2.45, 2.75) is 45.4 Å². The topological polar surface area (TPSA) is 9.23 Å². The highest BCUT2D eigenvalue weighted by molar-refractivity contribution is 5.81. The van der Waals surface area contributed by atoms with Crippen molar-refractivity contribution in [1.29, 1.82) is 0 Å². The molecule has 0 aliphatic carbocycles. The summed E-state index contributed by atoms with van der Waals surface area (Å²) in [4.78, 5) is 0. The van der Waals surface area contributed by atoms with Crippen molar-refractivity contribution in [2.75, 3.05) is 13.7 Å². The summed E-state index contributed by atoms with van der Waals surface area (Å²) in [7, 11) is 1.82. The molecular formula is C24H32O. The molecule has 2 aromatic carbocycles. The van der Waals surface area contributed by atoms with Crippen molar-refractivity contribution in [1.82, 2.24) is 0 Å². The minimum atomic E-state index is 0.652. The molecule has 25 heavy (non-hydrogen) atoms. The average Bonchev–Trinajstić information content (AvgIpc) is 2.66. The molecule has 0 heterocycles. The molecule has 0 aliphatic heterocycles. The minimum Gasteiger partial charge on any atom is -0.384 e. The Bertz CT molecular complexity index is 601. The van der Waals surface area contributed by atoms with Gasteiger partial charge in [0.2, 0.25) is 0 Å². The Labute approximate surface area is 153 Å². The van der Waals surface area contributed by atoms with E-state index in [0.717, 1.165) is 13.0 Å². The number of unbranched alkanes of at least 4 members (excludes halogenated alkanes) is 2. The van der Waals surface area contributed by atoms with Crippen LogP contribution in [-0.4, -0.2) is 13.7 Å². The van der Waals surface area contributed by atoms with E-state index in [4.69, 9.17) is 4.74 Å². The van der Waals surface area contributed by atoms with E-state index < -0.39 is 0 Å². The van der Waals surface area contributed by atoms with Crippen LogP contribution in [0.1, 0.15) is 56.6 Å². The predicted octanol–water partition coefficient (Wildman–Crippen LogP) is 6.85. The Hall–Kier alpha value is -1.86. The van der Waals surface area contributed by atoms with E-state index in [-0.39, 0.29) is 0 Å². The van der Waals surface area contributed by atoms with Crippen LogP contribution in [0.4, 0.5) is 0 Å². The van der Waals surface area contributed by atoms with Gasteiger partial charge in [0.25, 0.3) is 0 Å². The SMILES string of the molecule is CCCCCC(CCC(=Cc1ccccc1)c1ccccc1)COC. The fraction of sp³-hybridized carbons (Fsp3) is 0.417. The van der Waals surface area contributed by atoms with E-state index in [1.807, 2.05) is 7.11 Å². The summed E-state index contributed by atoms with van der Waals surface area (Å²) in [5.74, 6) is 0.652. The number of methoxy groups -OCH3 is 1. The Morgan fingerprint density at radius 2 is 1.60 bits per heavy atom. The maximum atomic E-state index is 5.47. The first kappa shape index (κ1) is 19.5. The monoisotopic (exact) mass is 336 g/mol. The molecule has 1 unspecified atom stereocenters. The highest BCUT2D eigenvalue weighted by Crippen LogP contribution is 2.27. The molecule has 0 radical (unpaired) electrons. The first-order chi connectivity index (χ1) is 12.3. The molecule has 2 rings (SSSR count). The molecule has 0 saturated carbocycles. The van der Waals surface area contributed by atoms with Gasteiger partial charge in [-0.3, -0.25) is 0 Å². The van der Waals surface area contributed by atoms with Gasteiger partial charge in [0.1, 0.15) is 0 Å². The molecule has 0 N–H and O–H groups in total. The summed E-state index contributed by atoms with van der Waals surface area (Å²) in [5, 5.41) is 0. The molecular weight excluding hydrogens is 304 g/mol. The van der Waals surface area contributed by atoms with Crippen LogP contribution in [0.2, 0.25) is 0 Å². The molecule has 1 heteroatoms. The third-order valence-electron chi connectivity index (χ3n) is 4.73. The zero-order valence-electron chi connectivity index (χ0n) is 15.8. The lowest BCUT2D eigenvalue weighted by molar-refractivity contribution is 0.142. The first-order valence-corrected chi connectivity index (χ1v) is 9.63. The summed E-state index contributed by atoms with van der Waals surface area (Å²) >= 11 is 0. The minimum absolute atomic E-state index is 0.652. The third-order valence-corrected chi connectivity index (χ3v) is 4.73. The van der Waals surface area contributed by atoms with Gasteiger partial charge in [0.15, 0.2) is 0 Å². The Morgan fingerprint density at radius 3 is 2.24 bits per heavy atom. The molecule has 0 saturated heterocycles. The maximum Gasteiger partial charge on any atom is 0.0490 e. The Morgan fingerprint density at radius 1 is 0.920 bits per heavy atom. The standard InChI is InChI=1S/C24H32O/c1-3-4-7-14-22(20-25-2)17-18-24(23-15-10-6-11-16-23)19-21-12-8-5-9-13-21/h5-6,8-13,15-16,19,22H,3-4,7,14,17-18,20H2,1-2H3. The Balaban J connectivity index is 2.09. The van der Waals surface area contributed by atoms with Crippen molar-refractivity contribution in [3.05, 3.63) is 71.8 Å². The van der Waals surface area contributed by atoms with Crippen LogP contribution in [0.3, 0.4) is 0 Å². The van der Waals surface area contributed by atoms with Gasteiger partial charge >= 0.3 is 0 Å². The summed E-state index contributed by atoms with van der Waals surface area (Å²) in [6.45, 7) is 3.14. The van der Waals surface area contributed by atoms with E-state index in [9.17, 15) is 0 Å². The van der Waals surface area contributed by atoms with Crippen LogP contribution in [0, 0.1) is 5.92 Å². The van der Waals surface area contributed by atoms with Crippen LogP contribution in [-0.2, 0) is 4.74 Å². The lowest BCUT2D eigenvalue weighted by Gasteiger charge is -2.17. The van der Waals surface area contributed by atoms with E-state index >= 15 is 0 Å². The van der Waals surface area contributed by atoms with Crippen LogP contribution in [0.5, 0.6) is 0 Å². The van der Waals surface area contributed by atoms with Gasteiger partial charge in [-0.2, -0.15) is 0 Å². The van der Waals surface area contributed by atoms with Gasteiger partial charge in [-0.15, -0.1) is 0 Å². The Kier molecular flexibility index (Phi) is 9.07. The molecule has 1 nitrogen and oxygen atoms in total. The van der Waals surface area contributed by atoms with Crippen molar-refractivity contribution in [3.8, 4) is 0 Å². The maximum absolute atomic E-state index is 5.47. The number of rotatable bonds is 11. The van der Waals surface area contributed by atoms with Crippen LogP contribution in [0.15, 0.2) is 60.7 Å². The van der Waals surface area contributed by atoms with Crippen LogP contribution < -0.4 is 0 Å². The predicted molar refractivity (Wildman–Crippen MR) is 109 cm³/mol. The van der Waals surface area contributed by atoms with Crippen molar-refractivity contribution < 1.29 is 4.74 Å². The zero-order valence-corrected chi connectivity index (χ0v) is 15.8. The quantitative estimate of drug-likeness (QED) is 0.322. The molecule has 0 aromatic heterocycles.